The second kappa shape index (κ2) is 6.89. The Balaban J connectivity index is 2.20. The number of thioether (sulfide) groups is 1. The fraction of sp³-hybridized carbons (Fsp3) is 0.0769. The third-order valence-corrected chi connectivity index (χ3v) is 4.13. The molecular weight excluding hydrogens is 402 g/mol. The lowest BCUT2D eigenvalue weighted by Gasteiger charge is -2.11. The number of ether oxygens (including phenoxy) is 1. The lowest BCUT2D eigenvalue weighted by molar-refractivity contribution is 0.471. The highest BCUT2D eigenvalue weighted by Crippen LogP contribution is 2.37. The number of benzene rings is 2. The van der Waals surface area contributed by atoms with Crippen LogP contribution >= 0.6 is 57.6 Å². The lowest BCUT2D eigenvalue weighted by atomic mass is 10.3. The van der Waals surface area contributed by atoms with Crippen LogP contribution < -0.4 is 4.74 Å². The zero-order valence-electron chi connectivity index (χ0n) is 9.15. The van der Waals surface area contributed by atoms with E-state index in [2.05, 4.69) is 22.6 Å². The van der Waals surface area contributed by atoms with Gasteiger partial charge in [-0.2, -0.15) is 0 Å². The van der Waals surface area contributed by atoms with Crippen molar-refractivity contribution in [1.82, 2.24) is 0 Å². The molecule has 0 aromatic heterocycles. The predicted molar refractivity (Wildman–Crippen MR) is 87.0 cm³/mol. The lowest BCUT2D eigenvalue weighted by Crippen LogP contribution is -1.88. The summed E-state index contributed by atoms with van der Waals surface area (Å²) in [5, 5.41) is 0. The molecule has 1 nitrogen and oxygen atoms in total. The smallest absolute Gasteiger partial charge is 0.157 e. The largest absolute Gasteiger partial charge is 0.456 e. The molecule has 0 spiro atoms. The van der Waals surface area contributed by atoms with Gasteiger partial charge in [0.2, 0.25) is 0 Å². The van der Waals surface area contributed by atoms with Crippen LogP contribution in [0.15, 0.2) is 53.4 Å². The molecule has 0 atom stereocenters. The van der Waals surface area contributed by atoms with Gasteiger partial charge < -0.3 is 4.74 Å². The summed E-state index contributed by atoms with van der Waals surface area (Å²) < 4.78 is 6.49. The first kappa shape index (κ1) is 14.3. The van der Waals surface area contributed by atoms with Crippen LogP contribution in [-0.4, -0.2) is 4.17 Å². The minimum atomic E-state index is -0.508. The van der Waals surface area contributed by atoms with Gasteiger partial charge >= 0.3 is 0 Å². The van der Waals surface area contributed by atoms with Gasteiger partial charge in [-0.15, -0.1) is 0 Å². The van der Waals surface area contributed by atoms with Gasteiger partial charge in [-0.1, -0.05) is 47.1 Å². The molecule has 0 unspecified atom stereocenters. The van der Waals surface area contributed by atoms with Crippen LogP contribution in [0.1, 0.15) is 0 Å². The Hall–Kier alpha value is -0.100. The van der Waals surface area contributed by atoms with Gasteiger partial charge in [-0.25, -0.2) is 0 Å². The Bertz CT molecular complexity index is 517. The Morgan fingerprint density at radius 2 is 1.67 bits per heavy atom. The van der Waals surface area contributed by atoms with Crippen molar-refractivity contribution in [2.24, 2.45) is 0 Å². The van der Waals surface area contributed by atoms with E-state index in [1.807, 2.05) is 48.5 Å². The number of halogens is 3. The molecule has 2 aromatic rings. The van der Waals surface area contributed by atoms with Gasteiger partial charge in [0, 0.05) is 3.57 Å². The quantitative estimate of drug-likeness (QED) is 0.350. The van der Waals surface area contributed by atoms with Crippen LogP contribution in [0.5, 0.6) is 11.5 Å². The topological polar surface area (TPSA) is 9.23 Å². The molecule has 2 aromatic carbocycles. The van der Waals surface area contributed by atoms with E-state index in [1.54, 1.807) is 0 Å². The molecule has 0 heterocycles. The van der Waals surface area contributed by atoms with Crippen LogP contribution in [0.4, 0.5) is 0 Å². The first-order valence-electron chi connectivity index (χ1n) is 5.12. The Morgan fingerprint density at radius 1 is 1.00 bits per heavy atom. The Labute approximate surface area is 134 Å². The summed E-state index contributed by atoms with van der Waals surface area (Å²) in [4.78, 5) is 0.922. The molecule has 0 saturated heterocycles. The maximum atomic E-state index is 5.82. The first-order valence-corrected chi connectivity index (χ1v) is 7.95. The van der Waals surface area contributed by atoms with Crippen LogP contribution in [0.3, 0.4) is 0 Å². The summed E-state index contributed by atoms with van der Waals surface area (Å²) in [5.41, 5.74) is 0. The molecule has 0 fully saturated rings. The molecular formula is C13H9Cl2IOS. The van der Waals surface area contributed by atoms with Crippen molar-refractivity contribution in [3.05, 3.63) is 52.1 Å². The Morgan fingerprint density at radius 3 is 2.33 bits per heavy atom. The van der Waals surface area contributed by atoms with Crippen molar-refractivity contribution in [2.75, 3.05) is 0 Å². The highest BCUT2D eigenvalue weighted by Gasteiger charge is 2.08. The van der Waals surface area contributed by atoms with E-state index in [0.29, 0.717) is 0 Å². The average molecular weight is 411 g/mol. The molecule has 5 heteroatoms. The highest BCUT2D eigenvalue weighted by atomic mass is 127. The van der Waals surface area contributed by atoms with Crippen molar-refractivity contribution >= 4 is 57.6 Å². The molecule has 0 bridgehead atoms. The van der Waals surface area contributed by atoms with Crippen molar-refractivity contribution < 1.29 is 4.74 Å². The first-order chi connectivity index (χ1) is 8.65. The zero-order valence-corrected chi connectivity index (χ0v) is 13.6. The molecule has 0 aliphatic rings. The third kappa shape index (κ3) is 4.23. The van der Waals surface area contributed by atoms with Gasteiger partial charge in [0.15, 0.2) is 4.17 Å². The summed E-state index contributed by atoms with van der Waals surface area (Å²) in [6.45, 7) is 0. The van der Waals surface area contributed by atoms with Gasteiger partial charge in [0.25, 0.3) is 0 Å². The second-order valence-electron chi connectivity index (χ2n) is 3.38. The minimum Gasteiger partial charge on any atom is -0.456 e. The van der Waals surface area contributed by atoms with Crippen molar-refractivity contribution in [3.63, 3.8) is 0 Å². The third-order valence-electron chi connectivity index (χ3n) is 2.11. The number of para-hydroxylation sites is 1. The van der Waals surface area contributed by atoms with Crippen molar-refractivity contribution in [3.8, 4) is 11.5 Å². The van der Waals surface area contributed by atoms with Crippen LogP contribution in [0.2, 0.25) is 0 Å². The molecule has 18 heavy (non-hydrogen) atoms. The zero-order chi connectivity index (χ0) is 13.0. The van der Waals surface area contributed by atoms with E-state index in [-0.39, 0.29) is 0 Å². The van der Waals surface area contributed by atoms with E-state index in [1.165, 1.54) is 15.3 Å². The number of hydrogen-bond acceptors (Lipinski definition) is 2. The van der Waals surface area contributed by atoms with Crippen LogP contribution in [-0.2, 0) is 0 Å². The van der Waals surface area contributed by atoms with E-state index in [0.717, 1.165) is 16.4 Å². The van der Waals surface area contributed by atoms with Crippen molar-refractivity contribution in [2.45, 2.75) is 9.06 Å². The Kier molecular flexibility index (Phi) is 5.48. The maximum Gasteiger partial charge on any atom is 0.157 e. The number of rotatable bonds is 4. The molecule has 94 valence electrons. The summed E-state index contributed by atoms with van der Waals surface area (Å²) in [6.07, 6.45) is 0. The van der Waals surface area contributed by atoms with Crippen LogP contribution in [0.25, 0.3) is 0 Å². The average Bonchev–Trinajstić information content (AvgIpc) is 2.34. The van der Waals surface area contributed by atoms with E-state index >= 15 is 0 Å². The summed E-state index contributed by atoms with van der Waals surface area (Å²) in [5.74, 6) is 1.55. The predicted octanol–water partition coefficient (Wildman–Crippen LogP) is 5.94. The summed E-state index contributed by atoms with van der Waals surface area (Å²) in [6, 6.07) is 15.5. The van der Waals surface area contributed by atoms with Gasteiger partial charge in [-0.05, 0) is 59.0 Å². The van der Waals surface area contributed by atoms with Crippen molar-refractivity contribution in [1.29, 1.82) is 0 Å². The minimum absolute atomic E-state index is 0.508. The molecule has 0 N–H and O–H groups in total. The molecule has 2 rings (SSSR count). The SMILES string of the molecule is ClC(Cl)Sc1ccccc1Oc1ccc(I)cc1. The van der Waals surface area contributed by atoms with Gasteiger partial charge in [0.1, 0.15) is 11.5 Å². The van der Waals surface area contributed by atoms with E-state index in [4.69, 9.17) is 27.9 Å². The fourth-order valence-electron chi connectivity index (χ4n) is 1.36. The fourth-order valence-corrected chi connectivity index (χ4v) is 2.87. The second-order valence-corrected chi connectivity index (χ2v) is 7.39. The highest BCUT2D eigenvalue weighted by molar-refractivity contribution is 14.1. The van der Waals surface area contributed by atoms with Gasteiger partial charge in [0.05, 0.1) is 4.90 Å². The molecule has 0 saturated carbocycles. The molecule has 0 aliphatic carbocycles. The van der Waals surface area contributed by atoms with Crippen LogP contribution in [0, 0.1) is 3.57 Å². The molecule has 0 radical (unpaired) electrons. The normalized spacial score (nSPS) is 10.7. The van der Waals surface area contributed by atoms with E-state index in [9.17, 15) is 0 Å². The number of hydrogen-bond donors (Lipinski definition) is 0. The van der Waals surface area contributed by atoms with E-state index < -0.39 is 4.17 Å². The molecule has 0 amide bonds. The monoisotopic (exact) mass is 410 g/mol. The summed E-state index contributed by atoms with van der Waals surface area (Å²) in [7, 11) is 0. The summed E-state index contributed by atoms with van der Waals surface area (Å²) >= 11 is 15.2. The van der Waals surface area contributed by atoms with Gasteiger partial charge in [-0.3, -0.25) is 0 Å². The number of alkyl halides is 2. The maximum absolute atomic E-state index is 5.82. The standard InChI is InChI=1S/C13H9Cl2IOS/c14-13(15)18-12-4-2-1-3-11(12)17-10-7-5-9(16)6-8-10/h1-8,13H. The molecule has 0 aliphatic heterocycles.